The van der Waals surface area contributed by atoms with Crippen molar-refractivity contribution in [1.29, 1.82) is 0 Å². The van der Waals surface area contributed by atoms with Gasteiger partial charge in [-0.15, -0.1) is 0 Å². The van der Waals surface area contributed by atoms with E-state index in [1.165, 1.54) is 11.1 Å². The van der Waals surface area contributed by atoms with Crippen LogP contribution in [0.1, 0.15) is 30.9 Å². The minimum absolute atomic E-state index is 0.0333. The molecule has 3 rings (SSSR count). The lowest BCUT2D eigenvalue weighted by Gasteiger charge is -2.37. The second kappa shape index (κ2) is 5.38. The molecule has 0 aromatic heterocycles. The predicted molar refractivity (Wildman–Crippen MR) is 84.8 cm³/mol. The van der Waals surface area contributed by atoms with Gasteiger partial charge in [-0.2, -0.15) is 0 Å². The Balaban J connectivity index is 1.91. The summed E-state index contributed by atoms with van der Waals surface area (Å²) in [7, 11) is 0. The van der Waals surface area contributed by atoms with Gasteiger partial charge in [-0.25, -0.2) is 0 Å². The average molecular weight is 280 g/mol. The Hall–Kier alpha value is -2.06. The van der Waals surface area contributed by atoms with E-state index in [1.54, 1.807) is 12.1 Å². The van der Waals surface area contributed by atoms with Gasteiger partial charge in [0.1, 0.15) is 5.75 Å². The SMILES string of the molecule is CC1C=C(c2ccccc2)CCC1(O)c1ccc(O)cc1. The van der Waals surface area contributed by atoms with Crippen LogP contribution in [0.2, 0.25) is 0 Å². The van der Waals surface area contributed by atoms with E-state index in [-0.39, 0.29) is 11.7 Å². The van der Waals surface area contributed by atoms with Crippen molar-refractivity contribution in [3.05, 3.63) is 71.8 Å². The number of aliphatic hydroxyl groups is 1. The summed E-state index contributed by atoms with van der Waals surface area (Å²) >= 11 is 0. The highest BCUT2D eigenvalue weighted by Gasteiger charge is 2.37. The van der Waals surface area contributed by atoms with E-state index in [0.717, 1.165) is 12.0 Å². The van der Waals surface area contributed by atoms with Crippen LogP contribution in [0.4, 0.5) is 0 Å². The molecule has 0 fully saturated rings. The molecule has 2 heteroatoms. The number of aromatic hydroxyl groups is 1. The third-order valence-electron chi connectivity index (χ3n) is 4.49. The van der Waals surface area contributed by atoms with E-state index in [4.69, 9.17) is 0 Å². The molecule has 2 unspecified atom stereocenters. The molecule has 0 saturated carbocycles. The number of hydrogen-bond acceptors (Lipinski definition) is 2. The van der Waals surface area contributed by atoms with E-state index in [1.807, 2.05) is 30.3 Å². The van der Waals surface area contributed by atoms with Gasteiger partial charge < -0.3 is 10.2 Å². The lowest BCUT2D eigenvalue weighted by Crippen LogP contribution is -2.35. The van der Waals surface area contributed by atoms with Crippen LogP contribution in [0, 0.1) is 5.92 Å². The highest BCUT2D eigenvalue weighted by Crippen LogP contribution is 2.43. The first-order valence-corrected chi connectivity index (χ1v) is 7.37. The van der Waals surface area contributed by atoms with Crippen LogP contribution < -0.4 is 0 Å². The molecule has 2 nitrogen and oxygen atoms in total. The van der Waals surface area contributed by atoms with Crippen molar-refractivity contribution >= 4 is 5.57 Å². The topological polar surface area (TPSA) is 40.5 Å². The number of phenols is 1. The van der Waals surface area contributed by atoms with E-state index in [9.17, 15) is 10.2 Å². The van der Waals surface area contributed by atoms with Gasteiger partial charge in [-0.05, 0) is 41.7 Å². The molecule has 0 saturated heterocycles. The molecule has 0 radical (unpaired) electrons. The van der Waals surface area contributed by atoms with Crippen LogP contribution in [0.3, 0.4) is 0 Å². The quantitative estimate of drug-likeness (QED) is 0.869. The van der Waals surface area contributed by atoms with Gasteiger partial charge in [0.15, 0.2) is 0 Å². The lowest BCUT2D eigenvalue weighted by molar-refractivity contribution is -0.0103. The summed E-state index contributed by atoms with van der Waals surface area (Å²) < 4.78 is 0. The highest BCUT2D eigenvalue weighted by molar-refractivity contribution is 5.67. The first-order valence-electron chi connectivity index (χ1n) is 7.37. The fourth-order valence-electron chi connectivity index (χ4n) is 3.13. The minimum Gasteiger partial charge on any atom is -0.508 e. The Bertz CT molecular complexity index is 643. The van der Waals surface area contributed by atoms with E-state index >= 15 is 0 Å². The molecule has 2 aromatic rings. The second-order valence-corrected chi connectivity index (χ2v) is 5.82. The van der Waals surface area contributed by atoms with Crippen molar-refractivity contribution in [2.75, 3.05) is 0 Å². The van der Waals surface area contributed by atoms with Crippen molar-refractivity contribution in [2.45, 2.75) is 25.4 Å². The maximum Gasteiger partial charge on any atom is 0.115 e. The summed E-state index contributed by atoms with van der Waals surface area (Å²) in [5, 5.41) is 20.4. The summed E-state index contributed by atoms with van der Waals surface area (Å²) in [6.07, 6.45) is 3.72. The Morgan fingerprint density at radius 3 is 2.29 bits per heavy atom. The second-order valence-electron chi connectivity index (χ2n) is 5.82. The molecule has 0 bridgehead atoms. The highest BCUT2D eigenvalue weighted by atomic mass is 16.3. The van der Waals surface area contributed by atoms with Crippen molar-refractivity contribution in [3.63, 3.8) is 0 Å². The molecule has 0 amide bonds. The average Bonchev–Trinajstić information content (AvgIpc) is 2.51. The summed E-state index contributed by atoms with van der Waals surface area (Å²) in [5.41, 5.74) is 2.55. The lowest BCUT2D eigenvalue weighted by atomic mass is 9.72. The maximum absolute atomic E-state index is 11.0. The Morgan fingerprint density at radius 2 is 1.67 bits per heavy atom. The molecular formula is C19H20O2. The van der Waals surface area contributed by atoms with Crippen LogP contribution >= 0.6 is 0 Å². The Labute approximate surface area is 125 Å². The van der Waals surface area contributed by atoms with Gasteiger partial charge >= 0.3 is 0 Å². The van der Waals surface area contributed by atoms with Gasteiger partial charge in [-0.3, -0.25) is 0 Å². The van der Waals surface area contributed by atoms with Crippen LogP contribution in [-0.4, -0.2) is 10.2 Å². The van der Waals surface area contributed by atoms with E-state index in [0.29, 0.717) is 6.42 Å². The molecule has 108 valence electrons. The number of phenolic OH excluding ortho intramolecular Hbond substituents is 1. The monoisotopic (exact) mass is 280 g/mol. The molecule has 21 heavy (non-hydrogen) atoms. The minimum atomic E-state index is -0.855. The molecule has 1 aliphatic carbocycles. The molecule has 2 atom stereocenters. The number of rotatable bonds is 2. The van der Waals surface area contributed by atoms with E-state index in [2.05, 4.69) is 25.1 Å². The zero-order valence-corrected chi connectivity index (χ0v) is 12.2. The van der Waals surface area contributed by atoms with E-state index < -0.39 is 5.60 Å². The normalized spacial score (nSPS) is 25.4. The number of allylic oxidation sites excluding steroid dienone is 1. The Kier molecular flexibility index (Phi) is 3.56. The maximum atomic E-state index is 11.0. The molecule has 0 aliphatic heterocycles. The molecular weight excluding hydrogens is 260 g/mol. The largest absolute Gasteiger partial charge is 0.508 e. The van der Waals surface area contributed by atoms with Crippen LogP contribution in [0.15, 0.2) is 60.7 Å². The zero-order valence-electron chi connectivity index (χ0n) is 12.2. The third-order valence-corrected chi connectivity index (χ3v) is 4.49. The van der Waals surface area contributed by atoms with Gasteiger partial charge in [0.25, 0.3) is 0 Å². The van der Waals surface area contributed by atoms with Crippen molar-refractivity contribution in [2.24, 2.45) is 5.92 Å². The summed E-state index contributed by atoms with van der Waals surface area (Å²) in [5.74, 6) is 0.261. The van der Waals surface area contributed by atoms with Crippen LogP contribution in [0.5, 0.6) is 5.75 Å². The summed E-state index contributed by atoms with van der Waals surface area (Å²) in [4.78, 5) is 0. The molecule has 2 aromatic carbocycles. The summed E-state index contributed by atoms with van der Waals surface area (Å²) in [6, 6.07) is 17.2. The summed E-state index contributed by atoms with van der Waals surface area (Å²) in [6.45, 7) is 2.05. The zero-order chi connectivity index (χ0) is 14.9. The van der Waals surface area contributed by atoms with Crippen molar-refractivity contribution in [3.8, 4) is 5.75 Å². The van der Waals surface area contributed by atoms with Gasteiger partial charge in [-0.1, -0.05) is 55.5 Å². The van der Waals surface area contributed by atoms with Crippen LogP contribution in [0.25, 0.3) is 5.57 Å². The third kappa shape index (κ3) is 2.59. The number of hydrogen-bond donors (Lipinski definition) is 2. The predicted octanol–water partition coefficient (Wildman–Crippen LogP) is 4.09. The fraction of sp³-hybridized carbons (Fsp3) is 0.263. The van der Waals surface area contributed by atoms with Gasteiger partial charge in [0.2, 0.25) is 0 Å². The van der Waals surface area contributed by atoms with Crippen molar-refractivity contribution < 1.29 is 10.2 Å². The van der Waals surface area contributed by atoms with Crippen LogP contribution in [-0.2, 0) is 5.60 Å². The molecule has 2 N–H and O–H groups in total. The molecule has 1 aliphatic rings. The molecule has 0 heterocycles. The van der Waals surface area contributed by atoms with Gasteiger partial charge in [0, 0.05) is 5.92 Å². The van der Waals surface area contributed by atoms with Crippen molar-refractivity contribution in [1.82, 2.24) is 0 Å². The smallest absolute Gasteiger partial charge is 0.115 e. The fourth-order valence-corrected chi connectivity index (χ4v) is 3.13. The number of benzene rings is 2. The first-order chi connectivity index (χ1) is 10.1. The molecule has 0 spiro atoms. The first kappa shape index (κ1) is 13.9. The standard InChI is InChI=1S/C19H20O2/c1-14-13-16(15-5-3-2-4-6-15)11-12-19(14,21)17-7-9-18(20)10-8-17/h2-10,13-14,20-21H,11-12H2,1H3. The Morgan fingerprint density at radius 1 is 1.00 bits per heavy atom. The van der Waals surface area contributed by atoms with Gasteiger partial charge in [0.05, 0.1) is 5.60 Å².